The normalized spacial score (nSPS) is 22.3. The Hall–Kier alpha value is -1.52. The Bertz CT molecular complexity index is 1000. The minimum Gasteiger partial charge on any atom is -0.487 e. The monoisotopic (exact) mass is 514 g/mol. The van der Waals surface area contributed by atoms with Crippen LogP contribution in [-0.4, -0.2) is 61.6 Å². The molecule has 0 fully saturated rings. The van der Waals surface area contributed by atoms with E-state index in [2.05, 4.69) is 20.8 Å². The van der Waals surface area contributed by atoms with E-state index in [1.807, 2.05) is 14.0 Å². The largest absolute Gasteiger partial charge is 0.487 e. The van der Waals surface area contributed by atoms with Crippen LogP contribution in [-0.2, 0) is 16.6 Å². The third-order valence-electron chi connectivity index (χ3n) is 5.49. The van der Waals surface area contributed by atoms with E-state index in [-0.39, 0.29) is 41.6 Å². The lowest BCUT2D eigenvalue weighted by Crippen LogP contribution is -2.49. The average molecular weight is 515 g/mol. The Balaban J connectivity index is 1.90. The molecule has 1 aliphatic rings. The van der Waals surface area contributed by atoms with Gasteiger partial charge in [-0.3, -0.25) is 4.90 Å². The summed E-state index contributed by atoms with van der Waals surface area (Å²) in [6, 6.07) is 10.7. The van der Waals surface area contributed by atoms with Crippen LogP contribution in [0.25, 0.3) is 0 Å². The van der Waals surface area contributed by atoms with Gasteiger partial charge in [0.15, 0.2) is 0 Å². The molecule has 0 radical (unpaired) electrons. The molecule has 0 saturated heterocycles. The zero-order valence-corrected chi connectivity index (χ0v) is 20.2. The molecule has 0 amide bonds. The first kappa shape index (κ1) is 24.1. The molecule has 2 aromatic carbocycles. The molecule has 0 spiro atoms. The maximum absolute atomic E-state index is 13.3. The number of halogens is 2. The van der Waals surface area contributed by atoms with Gasteiger partial charge in [-0.25, -0.2) is 12.8 Å². The van der Waals surface area contributed by atoms with Crippen molar-refractivity contribution in [1.29, 1.82) is 0 Å². The van der Waals surface area contributed by atoms with Gasteiger partial charge >= 0.3 is 0 Å². The lowest BCUT2D eigenvalue weighted by atomic mass is 10.0. The zero-order valence-electron chi connectivity index (χ0n) is 17.8. The first-order chi connectivity index (χ1) is 14.6. The molecule has 9 heteroatoms. The molecule has 1 aliphatic heterocycles. The van der Waals surface area contributed by atoms with Crippen molar-refractivity contribution in [2.75, 3.05) is 26.7 Å². The van der Waals surface area contributed by atoms with Crippen LogP contribution in [0.2, 0.25) is 0 Å². The zero-order chi connectivity index (χ0) is 22.8. The molecule has 0 bridgehead atoms. The van der Waals surface area contributed by atoms with E-state index < -0.39 is 16.1 Å². The van der Waals surface area contributed by atoms with Crippen LogP contribution in [0.1, 0.15) is 19.4 Å². The summed E-state index contributed by atoms with van der Waals surface area (Å²) in [5.74, 6) is -0.118. The highest BCUT2D eigenvalue weighted by atomic mass is 79.9. The second-order valence-corrected chi connectivity index (χ2v) is 10.9. The Labute approximate surface area is 191 Å². The molecule has 31 heavy (non-hydrogen) atoms. The molecule has 3 rings (SSSR count). The summed E-state index contributed by atoms with van der Waals surface area (Å²) >= 11 is 3.40. The molecule has 1 N–H and O–H groups in total. The van der Waals surface area contributed by atoms with E-state index in [1.165, 1.54) is 22.5 Å². The Morgan fingerprint density at radius 3 is 2.61 bits per heavy atom. The lowest BCUT2D eigenvalue weighted by Gasteiger charge is -2.37. The van der Waals surface area contributed by atoms with E-state index in [4.69, 9.17) is 4.74 Å². The molecule has 1 heterocycles. The third kappa shape index (κ3) is 5.64. The van der Waals surface area contributed by atoms with Gasteiger partial charge < -0.3 is 9.84 Å². The van der Waals surface area contributed by atoms with E-state index in [0.717, 1.165) is 10.0 Å². The summed E-state index contributed by atoms with van der Waals surface area (Å²) in [6.07, 6.45) is -0.289. The van der Waals surface area contributed by atoms with Gasteiger partial charge in [0.25, 0.3) is 0 Å². The number of aliphatic hydroxyl groups excluding tert-OH is 1. The molecule has 0 saturated carbocycles. The first-order valence-corrected chi connectivity index (χ1v) is 12.4. The predicted octanol–water partition coefficient (Wildman–Crippen LogP) is 3.49. The van der Waals surface area contributed by atoms with Crippen molar-refractivity contribution < 1.29 is 22.7 Å². The quantitative estimate of drug-likeness (QED) is 0.638. The van der Waals surface area contributed by atoms with Crippen molar-refractivity contribution in [3.05, 3.63) is 58.3 Å². The molecular formula is C22H28BrFN2O4S. The Kier molecular flexibility index (Phi) is 7.75. The molecule has 2 aromatic rings. The Morgan fingerprint density at radius 1 is 1.29 bits per heavy atom. The number of sulfonamides is 1. The van der Waals surface area contributed by atoms with Gasteiger partial charge in [-0.05, 0) is 49.9 Å². The molecule has 0 aromatic heterocycles. The number of benzene rings is 2. The highest BCUT2D eigenvalue weighted by molar-refractivity contribution is 9.10. The molecule has 3 atom stereocenters. The first-order valence-electron chi connectivity index (χ1n) is 10.1. The van der Waals surface area contributed by atoms with E-state index in [0.29, 0.717) is 13.1 Å². The molecule has 0 aliphatic carbocycles. The second kappa shape index (κ2) is 9.95. The van der Waals surface area contributed by atoms with Crippen molar-refractivity contribution in [1.82, 2.24) is 9.21 Å². The van der Waals surface area contributed by atoms with Gasteiger partial charge in [0.1, 0.15) is 22.6 Å². The minimum atomic E-state index is -3.83. The molecule has 170 valence electrons. The predicted molar refractivity (Wildman–Crippen MR) is 121 cm³/mol. The number of rotatable bonds is 6. The van der Waals surface area contributed by atoms with Crippen LogP contribution < -0.4 is 4.74 Å². The topological polar surface area (TPSA) is 70.1 Å². The number of aliphatic hydroxyl groups is 1. The smallest absolute Gasteiger partial charge is 0.247 e. The number of ether oxygens (including phenoxy) is 1. The van der Waals surface area contributed by atoms with Gasteiger partial charge in [0.2, 0.25) is 10.0 Å². The van der Waals surface area contributed by atoms with Crippen LogP contribution in [0.4, 0.5) is 4.39 Å². The summed E-state index contributed by atoms with van der Waals surface area (Å²) in [4.78, 5) is 2.16. The van der Waals surface area contributed by atoms with E-state index in [9.17, 15) is 17.9 Å². The number of fused-ring (bicyclic) bond motifs is 1. The highest BCUT2D eigenvalue weighted by Crippen LogP contribution is 2.35. The summed E-state index contributed by atoms with van der Waals surface area (Å²) in [6.45, 7) is 4.76. The average Bonchev–Trinajstić information content (AvgIpc) is 2.71. The number of hydrogen-bond acceptors (Lipinski definition) is 5. The minimum absolute atomic E-state index is 0.0917. The Morgan fingerprint density at radius 2 is 1.97 bits per heavy atom. The van der Waals surface area contributed by atoms with Crippen molar-refractivity contribution in [2.24, 2.45) is 5.92 Å². The van der Waals surface area contributed by atoms with Crippen LogP contribution in [0.5, 0.6) is 5.75 Å². The van der Waals surface area contributed by atoms with Gasteiger partial charge in [0.05, 0.1) is 6.61 Å². The van der Waals surface area contributed by atoms with E-state index >= 15 is 0 Å². The summed E-state index contributed by atoms with van der Waals surface area (Å²) < 4.78 is 48.1. The van der Waals surface area contributed by atoms with Gasteiger partial charge in [-0.15, -0.1) is 0 Å². The van der Waals surface area contributed by atoms with Crippen LogP contribution >= 0.6 is 15.9 Å². The van der Waals surface area contributed by atoms with Crippen LogP contribution in [0.15, 0.2) is 51.8 Å². The summed E-state index contributed by atoms with van der Waals surface area (Å²) in [5, 5.41) is 9.67. The van der Waals surface area contributed by atoms with E-state index in [1.54, 1.807) is 31.2 Å². The summed E-state index contributed by atoms with van der Waals surface area (Å²) in [7, 11) is -1.88. The lowest BCUT2D eigenvalue weighted by molar-refractivity contribution is 0.0733. The van der Waals surface area contributed by atoms with Gasteiger partial charge in [0, 0.05) is 36.1 Å². The summed E-state index contributed by atoms with van der Waals surface area (Å²) in [5.41, 5.74) is 0.976. The maximum Gasteiger partial charge on any atom is 0.247 e. The standard InChI is InChI=1S/C22H28BrFN2O4S/c1-15-11-26(16(2)14-27)31(28,29)22-9-6-18(23)10-20(22)30-21(15)13-25(3)12-17-4-7-19(24)8-5-17/h4-10,15-16,21,27H,11-14H2,1-3H3/t15-,16-,21-/m0/s1. The van der Waals surface area contributed by atoms with Gasteiger partial charge in [-0.1, -0.05) is 35.0 Å². The third-order valence-corrected chi connectivity index (χ3v) is 8.00. The maximum atomic E-state index is 13.3. The fourth-order valence-electron chi connectivity index (χ4n) is 3.69. The van der Waals surface area contributed by atoms with Crippen molar-refractivity contribution in [3.8, 4) is 5.75 Å². The van der Waals surface area contributed by atoms with Crippen molar-refractivity contribution >= 4 is 26.0 Å². The van der Waals surface area contributed by atoms with Crippen molar-refractivity contribution in [3.63, 3.8) is 0 Å². The van der Waals surface area contributed by atoms with Crippen LogP contribution in [0, 0.1) is 11.7 Å². The van der Waals surface area contributed by atoms with Crippen LogP contribution in [0.3, 0.4) is 0 Å². The fraction of sp³-hybridized carbons (Fsp3) is 0.455. The number of likely N-dealkylation sites (N-methyl/N-ethyl adjacent to an activating group) is 1. The second-order valence-electron chi connectivity index (χ2n) is 8.15. The SMILES string of the molecule is C[C@H]1CN([C@@H](C)CO)S(=O)(=O)c2ccc(Br)cc2O[C@H]1CN(C)Cc1ccc(F)cc1. The number of hydrogen-bond donors (Lipinski definition) is 1. The fourth-order valence-corrected chi connectivity index (χ4v) is 5.86. The molecular weight excluding hydrogens is 487 g/mol. The highest BCUT2D eigenvalue weighted by Gasteiger charge is 2.38. The number of nitrogens with zero attached hydrogens (tertiary/aromatic N) is 2. The van der Waals surface area contributed by atoms with Gasteiger partial charge in [-0.2, -0.15) is 4.31 Å². The van der Waals surface area contributed by atoms with Crippen molar-refractivity contribution in [2.45, 2.75) is 37.4 Å². The molecule has 6 nitrogen and oxygen atoms in total. The molecule has 0 unspecified atom stereocenters.